The second kappa shape index (κ2) is 8.05. The normalized spacial score (nSPS) is 24.3. The maximum atomic E-state index is 12.9. The Kier molecular flexibility index (Phi) is 5.90. The highest BCUT2D eigenvalue weighted by Gasteiger charge is 2.38. The van der Waals surface area contributed by atoms with Gasteiger partial charge in [-0.25, -0.2) is 0 Å². The lowest BCUT2D eigenvalue weighted by Gasteiger charge is -2.37. The van der Waals surface area contributed by atoms with Gasteiger partial charge >= 0.3 is 0 Å². The molecule has 3 N–H and O–H groups in total. The van der Waals surface area contributed by atoms with Crippen molar-refractivity contribution >= 4 is 24.0 Å². The molecule has 2 unspecified atom stereocenters. The Bertz CT molecular complexity index is 849. The molecule has 1 heterocycles. The molecule has 28 heavy (non-hydrogen) atoms. The Labute approximate surface area is 170 Å². The van der Waals surface area contributed by atoms with Gasteiger partial charge < -0.3 is 15.8 Å². The molecule has 0 spiro atoms. The van der Waals surface area contributed by atoms with Gasteiger partial charge in [0.15, 0.2) is 5.82 Å². The summed E-state index contributed by atoms with van der Waals surface area (Å²) in [5.74, 6) is 1.66. The highest BCUT2D eigenvalue weighted by Crippen LogP contribution is 2.40. The van der Waals surface area contributed by atoms with Crippen LogP contribution in [0.4, 0.5) is 5.69 Å². The zero-order chi connectivity index (χ0) is 19.0. The first-order valence-corrected chi connectivity index (χ1v) is 9.56. The molecular weight excluding hydrogens is 380 g/mol. The fourth-order valence-electron chi connectivity index (χ4n) is 3.91. The van der Waals surface area contributed by atoms with Gasteiger partial charge in [0.25, 0.3) is 0 Å². The first-order chi connectivity index (χ1) is 13.0. The van der Waals surface area contributed by atoms with Crippen LogP contribution >= 0.6 is 12.4 Å². The number of amides is 1. The second-order valence-electron chi connectivity index (χ2n) is 7.90. The van der Waals surface area contributed by atoms with Crippen LogP contribution in [0.15, 0.2) is 18.2 Å². The molecule has 0 saturated heterocycles. The Morgan fingerprint density at radius 1 is 1.32 bits per heavy atom. The number of carbonyl (C=O) groups excluding carboxylic acids is 1. The Hall–Kier alpha value is -2.19. The molecule has 4 rings (SSSR count). The molecule has 0 bridgehead atoms. The lowest BCUT2D eigenvalue weighted by Crippen LogP contribution is -2.51. The van der Waals surface area contributed by atoms with Gasteiger partial charge in [-0.15, -0.1) is 17.5 Å². The predicted octanol–water partition coefficient (Wildman–Crippen LogP) is 2.82. The number of tetrazole rings is 1. The number of rotatable bonds is 5. The maximum absolute atomic E-state index is 12.9. The molecule has 2 aliphatic rings. The number of hydrogen-bond donors (Lipinski definition) is 2. The van der Waals surface area contributed by atoms with Gasteiger partial charge in [0, 0.05) is 17.1 Å². The van der Waals surface area contributed by atoms with E-state index in [4.69, 9.17) is 10.5 Å². The van der Waals surface area contributed by atoms with Gasteiger partial charge in [-0.05, 0) is 61.2 Å². The largest absolute Gasteiger partial charge is 0.494 e. The third kappa shape index (κ3) is 3.98. The minimum absolute atomic E-state index is 0. The average Bonchev–Trinajstić information content (AvgIpc) is 3.37. The van der Waals surface area contributed by atoms with E-state index < -0.39 is 5.54 Å². The maximum Gasteiger partial charge on any atom is 0.229 e. The van der Waals surface area contributed by atoms with Gasteiger partial charge in [-0.2, -0.15) is 4.68 Å². The zero-order valence-electron chi connectivity index (χ0n) is 16.2. The first-order valence-electron chi connectivity index (χ1n) is 9.56. The minimum Gasteiger partial charge on any atom is -0.494 e. The van der Waals surface area contributed by atoms with Crippen LogP contribution in [-0.4, -0.2) is 38.8 Å². The first kappa shape index (κ1) is 20.5. The molecule has 2 atom stereocenters. The summed E-state index contributed by atoms with van der Waals surface area (Å²) in [6.45, 7) is 1.97. The number of ether oxygens (including phenoxy) is 1. The van der Waals surface area contributed by atoms with Crippen LogP contribution in [0.1, 0.15) is 57.2 Å². The number of aromatic nitrogens is 4. The summed E-state index contributed by atoms with van der Waals surface area (Å²) < 4.78 is 7.19. The van der Waals surface area contributed by atoms with Crippen molar-refractivity contribution in [1.82, 2.24) is 20.2 Å². The van der Waals surface area contributed by atoms with Crippen molar-refractivity contribution in [3.63, 3.8) is 0 Å². The Morgan fingerprint density at radius 2 is 2.11 bits per heavy atom. The van der Waals surface area contributed by atoms with Gasteiger partial charge in [0.2, 0.25) is 5.91 Å². The summed E-state index contributed by atoms with van der Waals surface area (Å²) in [5.41, 5.74) is 7.33. The third-order valence-electron chi connectivity index (χ3n) is 5.68. The summed E-state index contributed by atoms with van der Waals surface area (Å²) in [4.78, 5) is 12.9. The molecule has 2 fully saturated rings. The van der Waals surface area contributed by atoms with E-state index in [2.05, 4.69) is 20.8 Å². The molecule has 0 aliphatic heterocycles. The molecule has 2 saturated carbocycles. The van der Waals surface area contributed by atoms with Crippen molar-refractivity contribution in [2.45, 2.75) is 56.9 Å². The summed E-state index contributed by atoms with van der Waals surface area (Å²) in [7, 11) is 1.61. The fourth-order valence-corrected chi connectivity index (χ4v) is 3.91. The molecule has 1 amide bonds. The summed E-state index contributed by atoms with van der Waals surface area (Å²) in [5, 5.41) is 15.1. The number of hydrogen-bond acceptors (Lipinski definition) is 6. The van der Waals surface area contributed by atoms with E-state index in [9.17, 15) is 4.79 Å². The van der Waals surface area contributed by atoms with E-state index in [0.29, 0.717) is 17.4 Å². The SMILES string of the molecule is COc1ccc(NC(=O)C2CCCCC2(C)N)cc1-n1nnnc1C1CC1.Cl. The summed E-state index contributed by atoms with van der Waals surface area (Å²) in [6, 6.07) is 5.51. The number of halogens is 1. The van der Waals surface area contributed by atoms with Crippen LogP contribution in [0.25, 0.3) is 5.69 Å². The number of nitrogens with two attached hydrogens (primary N) is 1. The van der Waals surface area contributed by atoms with Crippen LogP contribution in [-0.2, 0) is 4.79 Å². The van der Waals surface area contributed by atoms with Gasteiger partial charge in [-0.3, -0.25) is 4.79 Å². The van der Waals surface area contributed by atoms with E-state index >= 15 is 0 Å². The average molecular weight is 407 g/mol. The molecule has 2 aliphatic carbocycles. The molecule has 1 aromatic heterocycles. The van der Waals surface area contributed by atoms with Crippen LogP contribution in [0, 0.1) is 5.92 Å². The summed E-state index contributed by atoms with van der Waals surface area (Å²) in [6.07, 6.45) is 5.99. The minimum atomic E-state index is -0.466. The number of methoxy groups -OCH3 is 1. The molecular formula is C19H27ClN6O2. The number of benzene rings is 1. The van der Waals surface area contributed by atoms with Crippen molar-refractivity contribution < 1.29 is 9.53 Å². The number of nitrogens with zero attached hydrogens (tertiary/aromatic N) is 4. The molecule has 1 aromatic carbocycles. The fraction of sp³-hybridized carbons (Fsp3) is 0.579. The van der Waals surface area contributed by atoms with Crippen LogP contribution in [0.2, 0.25) is 0 Å². The lowest BCUT2D eigenvalue weighted by molar-refractivity contribution is -0.122. The zero-order valence-corrected chi connectivity index (χ0v) is 17.0. The van der Waals surface area contributed by atoms with Crippen molar-refractivity contribution in [3.8, 4) is 11.4 Å². The van der Waals surface area contributed by atoms with Gasteiger partial charge in [-0.1, -0.05) is 12.8 Å². The van der Waals surface area contributed by atoms with E-state index in [1.807, 2.05) is 25.1 Å². The standard InChI is InChI=1S/C19H26N6O2.ClH/c1-19(20)10-4-3-5-14(19)18(26)21-13-8-9-16(27-2)15(11-13)25-17(12-6-7-12)22-23-24-25;/h8-9,11-12,14H,3-7,10,20H2,1-2H3,(H,21,26);1H. The quantitative estimate of drug-likeness (QED) is 0.790. The lowest BCUT2D eigenvalue weighted by atomic mass is 9.74. The van der Waals surface area contributed by atoms with Crippen LogP contribution in [0.5, 0.6) is 5.75 Å². The van der Waals surface area contributed by atoms with E-state index in [1.165, 1.54) is 0 Å². The highest BCUT2D eigenvalue weighted by atomic mass is 35.5. The molecule has 9 heteroatoms. The second-order valence-corrected chi connectivity index (χ2v) is 7.90. The molecule has 8 nitrogen and oxygen atoms in total. The topological polar surface area (TPSA) is 108 Å². The number of anilines is 1. The third-order valence-corrected chi connectivity index (χ3v) is 5.68. The van der Waals surface area contributed by atoms with Crippen LogP contribution in [0.3, 0.4) is 0 Å². The Balaban J connectivity index is 0.00000225. The van der Waals surface area contributed by atoms with Crippen molar-refractivity contribution in [3.05, 3.63) is 24.0 Å². The van der Waals surface area contributed by atoms with Gasteiger partial charge in [0.05, 0.1) is 13.0 Å². The number of carbonyl (C=O) groups is 1. The van der Waals surface area contributed by atoms with Crippen molar-refractivity contribution in [1.29, 1.82) is 0 Å². The van der Waals surface area contributed by atoms with Crippen molar-refractivity contribution in [2.75, 3.05) is 12.4 Å². The smallest absolute Gasteiger partial charge is 0.229 e. The van der Waals surface area contributed by atoms with Gasteiger partial charge in [0.1, 0.15) is 11.4 Å². The van der Waals surface area contributed by atoms with E-state index in [0.717, 1.165) is 50.0 Å². The van der Waals surface area contributed by atoms with E-state index in [-0.39, 0.29) is 24.2 Å². The Morgan fingerprint density at radius 3 is 2.79 bits per heavy atom. The van der Waals surface area contributed by atoms with Crippen LogP contribution < -0.4 is 15.8 Å². The predicted molar refractivity (Wildman–Crippen MR) is 108 cm³/mol. The van der Waals surface area contributed by atoms with E-state index in [1.54, 1.807) is 11.8 Å². The summed E-state index contributed by atoms with van der Waals surface area (Å²) >= 11 is 0. The number of nitrogens with one attached hydrogen (secondary N) is 1. The van der Waals surface area contributed by atoms with Crippen molar-refractivity contribution in [2.24, 2.45) is 11.7 Å². The molecule has 0 radical (unpaired) electrons. The molecule has 2 aromatic rings. The monoisotopic (exact) mass is 406 g/mol. The highest BCUT2D eigenvalue weighted by molar-refractivity contribution is 5.94. The molecule has 152 valence electrons.